The van der Waals surface area contributed by atoms with Crippen LogP contribution in [0.2, 0.25) is 0 Å². The summed E-state index contributed by atoms with van der Waals surface area (Å²) in [5.41, 5.74) is 0.764. The molecular weight excluding hydrogens is 394 g/mol. The van der Waals surface area contributed by atoms with Gasteiger partial charge in [-0.1, -0.05) is 0 Å². The van der Waals surface area contributed by atoms with Gasteiger partial charge in [0.25, 0.3) is 0 Å². The number of ether oxygens (including phenoxy) is 1. The van der Waals surface area contributed by atoms with Gasteiger partial charge in [0.05, 0.1) is 24.9 Å². The van der Waals surface area contributed by atoms with E-state index in [-0.39, 0.29) is 36.0 Å². The fourth-order valence-electron chi connectivity index (χ4n) is 4.30. The smallest absolute Gasteiger partial charge is 0.319 e. The van der Waals surface area contributed by atoms with Crippen LogP contribution < -0.4 is 16.0 Å². The molecule has 1 aromatic heterocycles. The number of carbonyl (C=O) groups is 3. The molecule has 3 saturated heterocycles. The van der Waals surface area contributed by atoms with E-state index in [0.29, 0.717) is 58.7 Å². The van der Waals surface area contributed by atoms with Gasteiger partial charge >= 0.3 is 6.03 Å². The lowest BCUT2D eigenvalue weighted by Gasteiger charge is -2.37. The molecule has 3 unspecified atom stereocenters. The Balaban J connectivity index is 1.29. The number of anilines is 1. The van der Waals surface area contributed by atoms with Crippen molar-refractivity contribution in [3.63, 3.8) is 0 Å². The van der Waals surface area contributed by atoms with Gasteiger partial charge in [-0.05, 0) is 24.3 Å². The second kappa shape index (κ2) is 9.10. The summed E-state index contributed by atoms with van der Waals surface area (Å²) in [6, 6.07) is 1.35. The van der Waals surface area contributed by atoms with Gasteiger partial charge in [0.15, 0.2) is 0 Å². The first-order chi connectivity index (χ1) is 14.1. The summed E-state index contributed by atoms with van der Waals surface area (Å²) in [6.07, 6.45) is 1.73. The number of fused-ring (bicyclic) bond motifs is 1. The molecule has 4 amide bonds. The van der Waals surface area contributed by atoms with Crippen LogP contribution in [0.4, 0.5) is 10.5 Å². The number of nitrogens with zero attached hydrogens (tertiary/aromatic N) is 2. The van der Waals surface area contributed by atoms with Crippen molar-refractivity contribution < 1.29 is 19.1 Å². The van der Waals surface area contributed by atoms with Crippen molar-refractivity contribution in [2.45, 2.75) is 37.4 Å². The van der Waals surface area contributed by atoms with Crippen LogP contribution in [0, 0.1) is 0 Å². The van der Waals surface area contributed by atoms with Crippen LogP contribution in [0.5, 0.6) is 0 Å². The molecule has 0 bridgehead atoms. The molecule has 3 N–H and O–H groups in total. The maximum absolute atomic E-state index is 12.5. The van der Waals surface area contributed by atoms with Crippen molar-refractivity contribution >= 4 is 34.9 Å². The number of thiophene rings is 1. The Kier molecular flexibility index (Phi) is 6.31. The molecule has 0 spiro atoms. The van der Waals surface area contributed by atoms with E-state index in [2.05, 4.69) is 20.9 Å². The molecule has 3 aliphatic heterocycles. The first kappa shape index (κ1) is 20.1. The van der Waals surface area contributed by atoms with Crippen molar-refractivity contribution in [3.05, 3.63) is 16.8 Å². The molecular formula is C19H27N5O4S. The van der Waals surface area contributed by atoms with Gasteiger partial charge in [-0.3, -0.25) is 14.5 Å². The average Bonchev–Trinajstić information content (AvgIpc) is 3.38. The molecule has 4 heterocycles. The number of morpholine rings is 1. The first-order valence-corrected chi connectivity index (χ1v) is 11.0. The predicted molar refractivity (Wildman–Crippen MR) is 109 cm³/mol. The molecule has 29 heavy (non-hydrogen) atoms. The molecule has 3 aliphatic rings. The zero-order valence-corrected chi connectivity index (χ0v) is 17.1. The van der Waals surface area contributed by atoms with Gasteiger partial charge < -0.3 is 25.6 Å². The fraction of sp³-hybridized carbons (Fsp3) is 0.632. The van der Waals surface area contributed by atoms with E-state index in [1.165, 1.54) is 11.3 Å². The molecule has 3 fully saturated rings. The van der Waals surface area contributed by atoms with Crippen LogP contribution in [-0.2, 0) is 14.3 Å². The minimum absolute atomic E-state index is 0.00305. The molecule has 158 valence electrons. The number of amides is 4. The van der Waals surface area contributed by atoms with Gasteiger partial charge in [0, 0.05) is 50.1 Å². The highest BCUT2D eigenvalue weighted by atomic mass is 32.1. The maximum atomic E-state index is 12.5. The minimum atomic E-state index is -0.257. The number of urea groups is 1. The van der Waals surface area contributed by atoms with Gasteiger partial charge in [-0.15, -0.1) is 0 Å². The highest BCUT2D eigenvalue weighted by Gasteiger charge is 2.43. The summed E-state index contributed by atoms with van der Waals surface area (Å²) in [7, 11) is 0. The number of hydrogen-bond acceptors (Lipinski definition) is 6. The molecule has 0 radical (unpaired) electrons. The average molecular weight is 422 g/mol. The zero-order valence-electron chi connectivity index (χ0n) is 16.3. The maximum Gasteiger partial charge on any atom is 0.319 e. The third-order valence-electron chi connectivity index (χ3n) is 5.79. The van der Waals surface area contributed by atoms with Crippen LogP contribution in [0.15, 0.2) is 16.8 Å². The highest BCUT2D eigenvalue weighted by molar-refractivity contribution is 7.08. The standard InChI is InChI=1S/C19H27N5O4S/c25-17(23-4-6-28-7-5-23)2-1-15-10-20-18(26)16-9-14(11-24(15)16)22-19(27)21-13-3-8-29-12-13/h3,8,12,14-16H,1-2,4-7,9-11H2,(H,20,26)(H2,21,22,27). The van der Waals surface area contributed by atoms with E-state index in [4.69, 9.17) is 4.74 Å². The van der Waals surface area contributed by atoms with Crippen molar-refractivity contribution in [2.75, 3.05) is 44.7 Å². The zero-order chi connectivity index (χ0) is 20.2. The van der Waals surface area contributed by atoms with Crippen LogP contribution in [-0.4, -0.2) is 85.2 Å². The Bertz CT molecular complexity index is 737. The van der Waals surface area contributed by atoms with Crippen LogP contribution in [0.3, 0.4) is 0 Å². The highest BCUT2D eigenvalue weighted by Crippen LogP contribution is 2.26. The van der Waals surface area contributed by atoms with Crippen LogP contribution >= 0.6 is 11.3 Å². The Morgan fingerprint density at radius 3 is 2.90 bits per heavy atom. The van der Waals surface area contributed by atoms with E-state index in [9.17, 15) is 14.4 Å². The van der Waals surface area contributed by atoms with Gasteiger partial charge in [0.2, 0.25) is 11.8 Å². The number of nitrogens with one attached hydrogen (secondary N) is 3. The summed E-state index contributed by atoms with van der Waals surface area (Å²) in [6.45, 7) is 3.65. The van der Waals surface area contributed by atoms with Gasteiger partial charge in [-0.25, -0.2) is 4.79 Å². The third-order valence-corrected chi connectivity index (χ3v) is 6.48. The number of rotatable bonds is 5. The van der Waals surface area contributed by atoms with E-state index in [1.54, 1.807) is 0 Å². The van der Waals surface area contributed by atoms with Crippen LogP contribution in [0.1, 0.15) is 19.3 Å². The molecule has 9 nitrogen and oxygen atoms in total. The molecule has 1 aromatic rings. The van der Waals surface area contributed by atoms with E-state index >= 15 is 0 Å². The molecule has 4 rings (SSSR count). The third kappa shape index (κ3) is 4.88. The topological polar surface area (TPSA) is 103 Å². The van der Waals surface area contributed by atoms with Gasteiger partial charge in [-0.2, -0.15) is 11.3 Å². The quantitative estimate of drug-likeness (QED) is 0.641. The predicted octanol–water partition coefficient (Wildman–Crippen LogP) is 0.450. The molecule has 0 aromatic carbocycles. The number of hydrogen-bond donors (Lipinski definition) is 3. The Labute approximate surface area is 173 Å². The van der Waals surface area contributed by atoms with Crippen molar-refractivity contribution in [1.82, 2.24) is 20.4 Å². The molecule has 0 saturated carbocycles. The monoisotopic (exact) mass is 421 g/mol. The summed E-state index contributed by atoms with van der Waals surface area (Å²) in [5.74, 6) is 0.147. The largest absolute Gasteiger partial charge is 0.378 e. The first-order valence-electron chi connectivity index (χ1n) is 10.1. The Morgan fingerprint density at radius 2 is 2.14 bits per heavy atom. The summed E-state index contributed by atoms with van der Waals surface area (Å²) in [5, 5.41) is 12.5. The van der Waals surface area contributed by atoms with Crippen LogP contribution in [0.25, 0.3) is 0 Å². The molecule has 10 heteroatoms. The lowest BCUT2D eigenvalue weighted by atomic mass is 10.0. The van der Waals surface area contributed by atoms with Crippen molar-refractivity contribution in [2.24, 2.45) is 0 Å². The van der Waals surface area contributed by atoms with Crippen molar-refractivity contribution in [3.8, 4) is 0 Å². The van der Waals surface area contributed by atoms with Gasteiger partial charge in [0.1, 0.15) is 0 Å². The second-order valence-corrected chi connectivity index (χ2v) is 8.47. The SMILES string of the molecule is O=C(Nc1ccsc1)NC1CC2C(=O)NCC(CCC(=O)N3CCOCC3)N2C1. The minimum Gasteiger partial charge on any atom is -0.378 e. The van der Waals surface area contributed by atoms with E-state index in [0.717, 1.165) is 5.69 Å². The Morgan fingerprint density at radius 1 is 1.31 bits per heavy atom. The van der Waals surface area contributed by atoms with E-state index < -0.39 is 0 Å². The second-order valence-electron chi connectivity index (χ2n) is 7.69. The Hall–Kier alpha value is -2.17. The summed E-state index contributed by atoms with van der Waals surface area (Å²) in [4.78, 5) is 41.0. The lowest BCUT2D eigenvalue weighted by Crippen LogP contribution is -2.58. The lowest BCUT2D eigenvalue weighted by molar-refractivity contribution is -0.136. The fourth-order valence-corrected chi connectivity index (χ4v) is 4.89. The summed E-state index contributed by atoms with van der Waals surface area (Å²) >= 11 is 1.52. The normalized spacial score (nSPS) is 27.2. The number of carbonyl (C=O) groups excluding carboxylic acids is 3. The summed E-state index contributed by atoms with van der Waals surface area (Å²) < 4.78 is 5.30. The molecule has 0 aliphatic carbocycles. The van der Waals surface area contributed by atoms with E-state index in [1.807, 2.05) is 21.7 Å². The van der Waals surface area contributed by atoms with Crippen molar-refractivity contribution in [1.29, 1.82) is 0 Å². The number of piperazine rings is 1. The molecule has 3 atom stereocenters.